The molecule has 0 spiro atoms. The molecule has 1 heterocycles. The first-order valence-corrected chi connectivity index (χ1v) is 7.32. The third-order valence-corrected chi connectivity index (χ3v) is 3.49. The lowest BCUT2D eigenvalue weighted by Gasteiger charge is -2.16. The lowest BCUT2D eigenvalue weighted by molar-refractivity contribution is 0.108. The highest BCUT2D eigenvalue weighted by Crippen LogP contribution is 2.16. The Morgan fingerprint density at radius 2 is 2.21 bits per heavy atom. The molecule has 0 amide bonds. The zero-order valence-corrected chi connectivity index (χ0v) is 12.2. The molecule has 2 atom stereocenters. The Bertz CT molecular complexity index is 363. The van der Waals surface area contributed by atoms with E-state index < -0.39 is 0 Å². The van der Waals surface area contributed by atoms with Crippen molar-refractivity contribution in [3.63, 3.8) is 0 Å². The summed E-state index contributed by atoms with van der Waals surface area (Å²) in [6.45, 7) is 5.71. The van der Waals surface area contributed by atoms with Crippen molar-refractivity contribution >= 4 is 11.6 Å². The number of halogens is 1. The summed E-state index contributed by atoms with van der Waals surface area (Å²) in [5.41, 5.74) is 0. The van der Waals surface area contributed by atoms with Crippen molar-refractivity contribution in [2.24, 2.45) is 5.92 Å². The van der Waals surface area contributed by atoms with Gasteiger partial charge < -0.3 is 14.8 Å². The Labute approximate surface area is 120 Å². The standard InChI is InChI=1S/C15H22ClNO2/c1-12(9-17-10-15-3-2-8-18-15)11-19-14-6-4-13(16)5-7-14/h4-7,12,15,17H,2-3,8-11H2,1H3/t12-,15-/m1/s1. The molecule has 0 aliphatic carbocycles. The van der Waals surface area contributed by atoms with Crippen LogP contribution in [0.5, 0.6) is 5.75 Å². The molecule has 2 rings (SSSR count). The summed E-state index contributed by atoms with van der Waals surface area (Å²) in [5, 5.41) is 4.18. The lowest BCUT2D eigenvalue weighted by Crippen LogP contribution is -2.31. The van der Waals surface area contributed by atoms with E-state index in [-0.39, 0.29) is 0 Å². The number of nitrogens with one attached hydrogen (secondary N) is 1. The van der Waals surface area contributed by atoms with Gasteiger partial charge in [0.2, 0.25) is 0 Å². The van der Waals surface area contributed by atoms with Gasteiger partial charge in [-0.3, -0.25) is 0 Å². The summed E-state index contributed by atoms with van der Waals surface area (Å²) in [7, 11) is 0. The second-order valence-electron chi connectivity index (χ2n) is 5.16. The van der Waals surface area contributed by atoms with E-state index in [0.29, 0.717) is 18.6 Å². The fourth-order valence-corrected chi connectivity index (χ4v) is 2.25. The first-order chi connectivity index (χ1) is 9.24. The topological polar surface area (TPSA) is 30.5 Å². The molecule has 1 aromatic rings. The molecular formula is C15H22ClNO2. The van der Waals surface area contributed by atoms with Gasteiger partial charge in [0.15, 0.2) is 0 Å². The maximum atomic E-state index is 5.83. The van der Waals surface area contributed by atoms with Gasteiger partial charge in [-0.15, -0.1) is 0 Å². The van der Waals surface area contributed by atoms with Crippen LogP contribution in [-0.2, 0) is 4.74 Å². The van der Waals surface area contributed by atoms with Gasteiger partial charge in [0, 0.05) is 30.6 Å². The fourth-order valence-electron chi connectivity index (χ4n) is 2.12. The molecule has 0 saturated carbocycles. The quantitative estimate of drug-likeness (QED) is 0.834. The summed E-state index contributed by atoms with van der Waals surface area (Å²) in [6, 6.07) is 7.48. The molecule has 1 aromatic carbocycles. The van der Waals surface area contributed by atoms with Crippen LogP contribution in [0.25, 0.3) is 0 Å². The van der Waals surface area contributed by atoms with Crippen molar-refractivity contribution in [3.05, 3.63) is 29.3 Å². The van der Waals surface area contributed by atoms with E-state index in [4.69, 9.17) is 21.1 Å². The summed E-state index contributed by atoms with van der Waals surface area (Å²) in [4.78, 5) is 0. The van der Waals surface area contributed by atoms with Crippen LogP contribution in [-0.4, -0.2) is 32.4 Å². The van der Waals surface area contributed by atoms with E-state index in [9.17, 15) is 0 Å². The highest BCUT2D eigenvalue weighted by atomic mass is 35.5. The Morgan fingerprint density at radius 1 is 1.42 bits per heavy atom. The van der Waals surface area contributed by atoms with Crippen LogP contribution in [0.15, 0.2) is 24.3 Å². The number of ether oxygens (including phenoxy) is 2. The summed E-state index contributed by atoms with van der Waals surface area (Å²) < 4.78 is 11.3. The van der Waals surface area contributed by atoms with Crippen molar-refractivity contribution < 1.29 is 9.47 Å². The number of benzene rings is 1. The van der Waals surface area contributed by atoms with Crippen LogP contribution < -0.4 is 10.1 Å². The van der Waals surface area contributed by atoms with Gasteiger partial charge in [-0.25, -0.2) is 0 Å². The average molecular weight is 284 g/mol. The van der Waals surface area contributed by atoms with Crippen LogP contribution >= 0.6 is 11.6 Å². The smallest absolute Gasteiger partial charge is 0.119 e. The van der Waals surface area contributed by atoms with Crippen molar-refractivity contribution in [1.29, 1.82) is 0 Å². The summed E-state index contributed by atoms with van der Waals surface area (Å²) in [5.74, 6) is 1.34. The van der Waals surface area contributed by atoms with Crippen molar-refractivity contribution in [1.82, 2.24) is 5.32 Å². The molecule has 19 heavy (non-hydrogen) atoms. The van der Waals surface area contributed by atoms with Gasteiger partial charge in [-0.2, -0.15) is 0 Å². The van der Waals surface area contributed by atoms with Crippen molar-refractivity contribution in [2.75, 3.05) is 26.3 Å². The lowest BCUT2D eigenvalue weighted by atomic mass is 10.2. The Balaban J connectivity index is 1.58. The molecule has 1 saturated heterocycles. The molecule has 106 valence electrons. The zero-order valence-electron chi connectivity index (χ0n) is 11.4. The third-order valence-electron chi connectivity index (χ3n) is 3.24. The fraction of sp³-hybridized carbons (Fsp3) is 0.600. The van der Waals surface area contributed by atoms with Gasteiger partial charge >= 0.3 is 0 Å². The second-order valence-corrected chi connectivity index (χ2v) is 5.60. The number of hydrogen-bond acceptors (Lipinski definition) is 3. The second kappa shape index (κ2) is 7.73. The predicted octanol–water partition coefficient (Wildman–Crippen LogP) is 3.12. The summed E-state index contributed by atoms with van der Waals surface area (Å²) in [6.07, 6.45) is 2.79. The van der Waals surface area contributed by atoms with E-state index in [2.05, 4.69) is 12.2 Å². The van der Waals surface area contributed by atoms with E-state index in [1.165, 1.54) is 12.8 Å². The van der Waals surface area contributed by atoms with Crippen molar-refractivity contribution in [3.8, 4) is 5.75 Å². The molecular weight excluding hydrogens is 262 g/mol. The van der Waals surface area contributed by atoms with Crippen LogP contribution in [0.3, 0.4) is 0 Å². The van der Waals surface area contributed by atoms with Gasteiger partial charge in [0.05, 0.1) is 12.7 Å². The Morgan fingerprint density at radius 3 is 2.89 bits per heavy atom. The monoisotopic (exact) mass is 283 g/mol. The normalized spacial score (nSPS) is 20.4. The minimum absolute atomic E-state index is 0.407. The van der Waals surface area contributed by atoms with Crippen LogP contribution in [0.1, 0.15) is 19.8 Å². The first-order valence-electron chi connectivity index (χ1n) is 6.94. The maximum absolute atomic E-state index is 5.83. The highest BCUT2D eigenvalue weighted by molar-refractivity contribution is 6.30. The Kier molecular flexibility index (Phi) is 5.95. The van der Waals surface area contributed by atoms with E-state index in [1.807, 2.05) is 24.3 Å². The molecule has 1 N–H and O–H groups in total. The van der Waals surface area contributed by atoms with E-state index in [0.717, 1.165) is 30.5 Å². The molecule has 0 bridgehead atoms. The molecule has 4 heteroatoms. The van der Waals surface area contributed by atoms with Gasteiger partial charge in [0.1, 0.15) is 5.75 Å². The molecule has 3 nitrogen and oxygen atoms in total. The molecule has 0 aromatic heterocycles. The van der Waals surface area contributed by atoms with Crippen LogP contribution in [0.4, 0.5) is 0 Å². The average Bonchev–Trinajstić information content (AvgIpc) is 2.91. The zero-order chi connectivity index (χ0) is 13.5. The predicted molar refractivity (Wildman–Crippen MR) is 78.0 cm³/mol. The summed E-state index contributed by atoms with van der Waals surface area (Å²) >= 11 is 5.83. The first kappa shape index (κ1) is 14.6. The third kappa shape index (κ3) is 5.39. The van der Waals surface area contributed by atoms with Gasteiger partial charge in [-0.05, 0) is 37.1 Å². The van der Waals surface area contributed by atoms with Crippen molar-refractivity contribution in [2.45, 2.75) is 25.9 Å². The Hall–Kier alpha value is -0.770. The maximum Gasteiger partial charge on any atom is 0.119 e. The van der Waals surface area contributed by atoms with Gasteiger partial charge in [-0.1, -0.05) is 18.5 Å². The van der Waals surface area contributed by atoms with E-state index in [1.54, 1.807) is 0 Å². The minimum atomic E-state index is 0.407. The molecule has 1 fully saturated rings. The van der Waals surface area contributed by atoms with Crippen LogP contribution in [0.2, 0.25) is 5.02 Å². The SMILES string of the molecule is C[C@H](CNC[C@H]1CCCO1)COc1ccc(Cl)cc1. The molecule has 1 aliphatic heterocycles. The van der Waals surface area contributed by atoms with E-state index >= 15 is 0 Å². The number of hydrogen-bond donors (Lipinski definition) is 1. The largest absolute Gasteiger partial charge is 0.493 e. The van der Waals surface area contributed by atoms with Crippen LogP contribution in [0, 0.1) is 5.92 Å². The highest BCUT2D eigenvalue weighted by Gasteiger charge is 2.15. The van der Waals surface area contributed by atoms with Gasteiger partial charge in [0.25, 0.3) is 0 Å². The molecule has 1 aliphatic rings. The molecule has 0 radical (unpaired) electrons. The number of rotatable bonds is 7. The minimum Gasteiger partial charge on any atom is -0.493 e. The molecule has 0 unspecified atom stereocenters.